The lowest BCUT2D eigenvalue weighted by molar-refractivity contribution is 0.0926. The van der Waals surface area contributed by atoms with Crippen LogP contribution in [0.4, 0.5) is 0 Å². The Kier molecular flexibility index (Phi) is 4.21. The number of nitrogens with one attached hydrogen (secondary N) is 1. The Labute approximate surface area is 141 Å². The van der Waals surface area contributed by atoms with Gasteiger partial charge in [-0.3, -0.25) is 4.79 Å². The molecule has 7 heteroatoms. The Morgan fingerprint density at radius 1 is 1.33 bits per heavy atom. The first kappa shape index (κ1) is 16.7. The summed E-state index contributed by atoms with van der Waals surface area (Å²) >= 11 is 0. The van der Waals surface area contributed by atoms with Gasteiger partial charge in [-0.25, -0.2) is 13.4 Å². The van der Waals surface area contributed by atoms with Gasteiger partial charge in [-0.15, -0.1) is 0 Å². The van der Waals surface area contributed by atoms with Gasteiger partial charge in [0.25, 0.3) is 5.91 Å². The fourth-order valence-corrected chi connectivity index (χ4v) is 3.69. The van der Waals surface area contributed by atoms with Crippen molar-refractivity contribution in [2.75, 3.05) is 6.26 Å². The van der Waals surface area contributed by atoms with Crippen LogP contribution in [-0.4, -0.2) is 36.2 Å². The highest BCUT2D eigenvalue weighted by molar-refractivity contribution is 7.90. The molecule has 1 aliphatic heterocycles. The molecule has 1 N–H and O–H groups in total. The molecule has 1 aromatic heterocycles. The molecule has 0 spiro atoms. The molecular weight excluding hydrogens is 326 g/mol. The largest absolute Gasteiger partial charge is 0.347 e. The van der Waals surface area contributed by atoms with Crippen molar-refractivity contribution in [1.29, 1.82) is 0 Å². The van der Waals surface area contributed by atoms with E-state index in [9.17, 15) is 13.2 Å². The van der Waals surface area contributed by atoms with E-state index in [4.69, 9.17) is 0 Å². The normalized spacial score (nSPS) is 17.4. The first-order valence-corrected chi connectivity index (χ1v) is 9.77. The number of rotatable bonds is 3. The maximum Gasteiger partial charge on any atom is 0.251 e. The fourth-order valence-electron chi connectivity index (χ4n) is 3.04. The van der Waals surface area contributed by atoms with E-state index >= 15 is 0 Å². The lowest BCUT2D eigenvalue weighted by Crippen LogP contribution is -2.41. The number of amides is 1. The molecule has 2 aromatic rings. The van der Waals surface area contributed by atoms with Gasteiger partial charge in [-0.05, 0) is 38.0 Å². The van der Waals surface area contributed by atoms with Crippen molar-refractivity contribution in [2.24, 2.45) is 0 Å². The van der Waals surface area contributed by atoms with Crippen LogP contribution in [0.2, 0.25) is 0 Å². The molecule has 1 amide bonds. The summed E-state index contributed by atoms with van der Waals surface area (Å²) in [7, 11) is -3.34. The number of carbonyl (C=O) groups is 1. The number of imidazole rings is 1. The molecule has 1 unspecified atom stereocenters. The van der Waals surface area contributed by atoms with Crippen molar-refractivity contribution in [1.82, 2.24) is 14.9 Å². The molecule has 0 aliphatic carbocycles. The molecule has 6 nitrogen and oxygen atoms in total. The first-order valence-electron chi connectivity index (χ1n) is 7.88. The predicted molar refractivity (Wildman–Crippen MR) is 90.8 cm³/mol. The summed E-state index contributed by atoms with van der Waals surface area (Å²) < 4.78 is 25.5. The number of aryl methyl sites for hydroxylation is 3. The molecule has 128 valence electrons. The van der Waals surface area contributed by atoms with Crippen molar-refractivity contribution in [3.63, 3.8) is 0 Å². The number of carbonyl (C=O) groups excluding carboxylic acids is 1. The topological polar surface area (TPSA) is 81.1 Å². The Balaban J connectivity index is 1.78. The zero-order chi connectivity index (χ0) is 17.5. The smallest absolute Gasteiger partial charge is 0.251 e. The van der Waals surface area contributed by atoms with E-state index in [1.54, 1.807) is 13.0 Å². The van der Waals surface area contributed by atoms with E-state index in [2.05, 4.69) is 14.9 Å². The molecule has 3 rings (SSSR count). The SMILES string of the molecule is Cc1cn2c(n1)CCC(NC(=O)c1cc(S(C)(=O)=O)ccc1C)C2. The van der Waals surface area contributed by atoms with Gasteiger partial charge in [-0.2, -0.15) is 0 Å². The Morgan fingerprint density at radius 2 is 2.08 bits per heavy atom. The number of fused-ring (bicyclic) bond motifs is 1. The number of sulfone groups is 1. The Hall–Kier alpha value is -2.15. The average Bonchev–Trinajstić information content (AvgIpc) is 2.85. The number of aromatic nitrogens is 2. The average molecular weight is 347 g/mol. The maximum atomic E-state index is 12.6. The highest BCUT2D eigenvalue weighted by Gasteiger charge is 2.23. The monoisotopic (exact) mass is 347 g/mol. The molecule has 1 atom stereocenters. The van der Waals surface area contributed by atoms with Crippen LogP contribution in [0, 0.1) is 13.8 Å². The van der Waals surface area contributed by atoms with Crippen LogP contribution in [0.1, 0.15) is 33.9 Å². The van der Waals surface area contributed by atoms with E-state index in [0.29, 0.717) is 12.1 Å². The van der Waals surface area contributed by atoms with Crippen LogP contribution in [0.3, 0.4) is 0 Å². The predicted octanol–water partition coefficient (Wildman–Crippen LogP) is 1.65. The van der Waals surface area contributed by atoms with Crippen molar-refractivity contribution in [2.45, 2.75) is 44.2 Å². The molecule has 0 fully saturated rings. The third kappa shape index (κ3) is 3.36. The molecule has 0 bridgehead atoms. The van der Waals surface area contributed by atoms with Crippen molar-refractivity contribution in [3.05, 3.63) is 47.0 Å². The summed E-state index contributed by atoms with van der Waals surface area (Å²) in [4.78, 5) is 17.2. The van der Waals surface area contributed by atoms with E-state index in [1.165, 1.54) is 12.1 Å². The van der Waals surface area contributed by atoms with Gasteiger partial charge in [0.2, 0.25) is 0 Å². The van der Waals surface area contributed by atoms with Crippen LogP contribution >= 0.6 is 0 Å². The summed E-state index contributed by atoms with van der Waals surface area (Å²) in [6.07, 6.45) is 4.78. The number of benzene rings is 1. The molecule has 2 heterocycles. The number of hydrogen-bond acceptors (Lipinski definition) is 4. The zero-order valence-corrected chi connectivity index (χ0v) is 14.9. The second-order valence-corrected chi connectivity index (χ2v) is 8.42. The molecule has 24 heavy (non-hydrogen) atoms. The minimum atomic E-state index is -3.34. The summed E-state index contributed by atoms with van der Waals surface area (Å²) in [6.45, 7) is 4.45. The minimum absolute atomic E-state index is 0.0138. The standard InChI is InChI=1S/C17H21N3O3S/c1-11-4-6-14(24(3,22)23)8-15(11)17(21)19-13-5-7-16-18-12(2)9-20(16)10-13/h4,6,8-9,13H,5,7,10H2,1-3H3,(H,19,21). The van der Waals surface area contributed by atoms with E-state index in [0.717, 1.165) is 36.2 Å². The Bertz CT molecular complexity index is 900. The second-order valence-electron chi connectivity index (χ2n) is 6.41. The highest BCUT2D eigenvalue weighted by atomic mass is 32.2. The fraction of sp³-hybridized carbons (Fsp3) is 0.412. The Morgan fingerprint density at radius 3 is 2.79 bits per heavy atom. The van der Waals surface area contributed by atoms with Gasteiger partial charge in [-0.1, -0.05) is 6.07 Å². The van der Waals surface area contributed by atoms with Gasteiger partial charge < -0.3 is 9.88 Å². The summed E-state index contributed by atoms with van der Waals surface area (Å²) in [5, 5.41) is 3.02. The van der Waals surface area contributed by atoms with Crippen LogP contribution in [0.5, 0.6) is 0 Å². The van der Waals surface area contributed by atoms with E-state index < -0.39 is 9.84 Å². The second kappa shape index (κ2) is 6.05. The molecule has 0 radical (unpaired) electrons. The van der Waals surface area contributed by atoms with E-state index in [1.807, 2.05) is 13.1 Å². The zero-order valence-electron chi connectivity index (χ0n) is 14.0. The van der Waals surface area contributed by atoms with Crippen molar-refractivity contribution >= 4 is 15.7 Å². The molecule has 1 aromatic carbocycles. The minimum Gasteiger partial charge on any atom is -0.347 e. The van der Waals surface area contributed by atoms with Gasteiger partial charge >= 0.3 is 0 Å². The first-order chi connectivity index (χ1) is 11.2. The number of nitrogens with zero attached hydrogens (tertiary/aromatic N) is 2. The van der Waals surface area contributed by atoms with Gasteiger partial charge in [0.1, 0.15) is 5.82 Å². The summed E-state index contributed by atoms with van der Waals surface area (Å²) in [5.74, 6) is 0.816. The maximum absolute atomic E-state index is 12.6. The number of hydrogen-bond donors (Lipinski definition) is 1. The third-order valence-corrected chi connectivity index (χ3v) is 5.44. The van der Waals surface area contributed by atoms with Crippen LogP contribution < -0.4 is 5.32 Å². The van der Waals surface area contributed by atoms with Crippen LogP contribution in [0.25, 0.3) is 0 Å². The van der Waals surface area contributed by atoms with E-state index in [-0.39, 0.29) is 16.8 Å². The van der Waals surface area contributed by atoms with Gasteiger partial charge in [0, 0.05) is 37.0 Å². The van der Waals surface area contributed by atoms with Crippen LogP contribution in [-0.2, 0) is 22.8 Å². The molecule has 1 aliphatic rings. The molecule has 0 saturated heterocycles. The van der Waals surface area contributed by atoms with Gasteiger partial charge in [0.15, 0.2) is 9.84 Å². The third-order valence-electron chi connectivity index (χ3n) is 4.33. The molecule has 0 saturated carbocycles. The lowest BCUT2D eigenvalue weighted by Gasteiger charge is -2.25. The van der Waals surface area contributed by atoms with Gasteiger partial charge in [0.05, 0.1) is 10.6 Å². The lowest BCUT2D eigenvalue weighted by atomic mass is 10.0. The molecular formula is C17H21N3O3S. The summed E-state index contributed by atoms with van der Waals surface area (Å²) in [5.41, 5.74) is 2.15. The highest BCUT2D eigenvalue weighted by Crippen LogP contribution is 2.18. The summed E-state index contributed by atoms with van der Waals surface area (Å²) in [6, 6.07) is 4.67. The van der Waals surface area contributed by atoms with Crippen molar-refractivity contribution in [3.8, 4) is 0 Å². The quantitative estimate of drug-likeness (QED) is 0.915. The van der Waals surface area contributed by atoms with Crippen molar-refractivity contribution < 1.29 is 13.2 Å². The van der Waals surface area contributed by atoms with Crippen LogP contribution in [0.15, 0.2) is 29.3 Å².